The van der Waals surface area contributed by atoms with E-state index in [1.54, 1.807) is 36.4 Å². The van der Waals surface area contributed by atoms with E-state index in [1.165, 1.54) is 17.8 Å². The first-order valence-corrected chi connectivity index (χ1v) is 10.7. The van der Waals surface area contributed by atoms with Gasteiger partial charge in [-0.05, 0) is 48.2 Å². The second-order valence-electron chi connectivity index (χ2n) is 7.61. The van der Waals surface area contributed by atoms with Crippen LogP contribution in [0.3, 0.4) is 0 Å². The lowest BCUT2D eigenvalue weighted by Gasteiger charge is -2.42. The number of carboxylic acids is 1. The van der Waals surface area contributed by atoms with Gasteiger partial charge in [-0.1, -0.05) is 41.6 Å². The molecule has 0 radical (unpaired) electrons. The van der Waals surface area contributed by atoms with Crippen molar-refractivity contribution in [2.24, 2.45) is 4.99 Å². The summed E-state index contributed by atoms with van der Waals surface area (Å²) >= 11 is 7.32. The Bertz CT molecular complexity index is 1030. The molecule has 2 N–H and O–H groups in total. The third-order valence-electron chi connectivity index (χ3n) is 5.98. The average molecular weight is 433 g/mol. The summed E-state index contributed by atoms with van der Waals surface area (Å²) in [6.45, 7) is 0. The number of aliphatic imine (C=N–C) groups is 1. The van der Waals surface area contributed by atoms with Gasteiger partial charge in [-0.25, -0.2) is 4.39 Å². The Morgan fingerprint density at radius 2 is 2.07 bits per heavy atom. The lowest BCUT2D eigenvalue weighted by atomic mass is 9.82. The van der Waals surface area contributed by atoms with Crippen LogP contribution < -0.4 is 0 Å². The zero-order chi connectivity index (χ0) is 20.3. The molecule has 5 nitrogen and oxygen atoms in total. The summed E-state index contributed by atoms with van der Waals surface area (Å²) < 4.78 is 13.7. The Morgan fingerprint density at radius 1 is 1.31 bits per heavy atom. The van der Waals surface area contributed by atoms with Crippen LogP contribution in [-0.4, -0.2) is 37.5 Å². The van der Waals surface area contributed by atoms with Crippen LogP contribution in [0.2, 0.25) is 5.02 Å². The normalized spacial score (nSPS) is 29.8. The largest absolute Gasteiger partial charge is 0.481 e. The minimum atomic E-state index is -1.51. The van der Waals surface area contributed by atoms with Gasteiger partial charge >= 0.3 is 5.97 Å². The van der Waals surface area contributed by atoms with Crippen molar-refractivity contribution in [2.75, 3.05) is 0 Å². The number of rotatable bonds is 3. The quantitative estimate of drug-likeness (QED) is 0.768. The summed E-state index contributed by atoms with van der Waals surface area (Å²) in [7, 11) is 0. The Labute approximate surface area is 176 Å². The van der Waals surface area contributed by atoms with Crippen LogP contribution in [0.4, 0.5) is 4.39 Å². The lowest BCUT2D eigenvalue weighted by Crippen LogP contribution is -2.53. The van der Waals surface area contributed by atoms with Crippen LogP contribution in [0.5, 0.6) is 0 Å². The molecule has 1 aliphatic carbocycles. The molecule has 0 aromatic heterocycles. The maximum Gasteiger partial charge on any atom is 0.304 e. The molecule has 5 rings (SSSR count). The fourth-order valence-electron chi connectivity index (χ4n) is 4.71. The van der Waals surface area contributed by atoms with Gasteiger partial charge in [-0.2, -0.15) is 0 Å². The van der Waals surface area contributed by atoms with E-state index in [9.17, 15) is 19.4 Å². The van der Waals surface area contributed by atoms with E-state index in [0.717, 1.165) is 11.1 Å². The van der Waals surface area contributed by atoms with E-state index in [4.69, 9.17) is 16.6 Å². The van der Waals surface area contributed by atoms with E-state index in [0.29, 0.717) is 28.6 Å². The molecule has 2 aromatic rings. The number of benzene rings is 2. The van der Waals surface area contributed by atoms with Crippen molar-refractivity contribution in [3.05, 3.63) is 70.0 Å². The minimum absolute atomic E-state index is 0.116. The number of hydrogen-bond donors (Lipinski definition) is 2. The summed E-state index contributed by atoms with van der Waals surface area (Å²) in [6, 6.07) is 11.3. The standard InChI is InChI=1S/C21H18ClFN2O3S/c22-13-4-2-12(3-5-13)21(28)17(10-18(26)27)29-20-24-19-15-7-6-14(23)9-11(15)1-8-16(19)25(20)21/h2-7,9,16-17,19,28H,1,8,10H2,(H,26,27)/t16-,17?,19-,21?/m0/s1. The molecule has 2 heterocycles. The molecule has 4 atom stereocenters. The van der Waals surface area contributed by atoms with Crippen LogP contribution in [0.25, 0.3) is 0 Å². The maximum atomic E-state index is 13.7. The molecule has 1 fully saturated rings. The van der Waals surface area contributed by atoms with E-state index < -0.39 is 16.9 Å². The molecule has 0 bridgehead atoms. The highest BCUT2D eigenvalue weighted by Gasteiger charge is 2.59. The number of halogens is 2. The highest BCUT2D eigenvalue weighted by molar-refractivity contribution is 8.14. The van der Waals surface area contributed by atoms with Gasteiger partial charge in [0.25, 0.3) is 0 Å². The summed E-state index contributed by atoms with van der Waals surface area (Å²) in [5, 5.41) is 21.9. The van der Waals surface area contributed by atoms with Gasteiger partial charge in [-0.3, -0.25) is 9.79 Å². The Balaban J connectivity index is 1.60. The number of carboxylic acid groups (broad SMARTS) is 1. The number of amidine groups is 1. The molecule has 0 spiro atoms. The van der Waals surface area contributed by atoms with Gasteiger partial charge in [0.05, 0.1) is 23.8 Å². The second-order valence-corrected chi connectivity index (χ2v) is 9.22. The number of thioether (sulfide) groups is 1. The Hall–Kier alpha value is -2.09. The monoisotopic (exact) mass is 432 g/mol. The summed E-state index contributed by atoms with van der Waals surface area (Å²) in [6.07, 6.45) is 1.18. The van der Waals surface area contributed by atoms with Crippen molar-refractivity contribution in [1.82, 2.24) is 4.90 Å². The van der Waals surface area contributed by atoms with Crippen LogP contribution in [0, 0.1) is 5.82 Å². The molecular formula is C21H18ClFN2O3S. The number of nitrogens with zero attached hydrogens (tertiary/aromatic N) is 2. The third-order valence-corrected chi connectivity index (χ3v) is 7.52. The topological polar surface area (TPSA) is 73.1 Å². The van der Waals surface area contributed by atoms with Gasteiger partial charge in [0.15, 0.2) is 10.9 Å². The Kier molecular flexibility index (Phi) is 4.38. The van der Waals surface area contributed by atoms with E-state index >= 15 is 0 Å². The molecule has 0 saturated carbocycles. The van der Waals surface area contributed by atoms with Crippen molar-refractivity contribution in [1.29, 1.82) is 0 Å². The van der Waals surface area contributed by atoms with Crippen LogP contribution in [0.15, 0.2) is 47.5 Å². The summed E-state index contributed by atoms with van der Waals surface area (Å²) in [5.74, 6) is -1.24. The first-order valence-electron chi connectivity index (χ1n) is 9.40. The molecule has 2 aromatic carbocycles. The highest BCUT2D eigenvalue weighted by Crippen LogP contribution is 2.55. The van der Waals surface area contributed by atoms with Gasteiger partial charge in [0.2, 0.25) is 0 Å². The van der Waals surface area contributed by atoms with Gasteiger partial charge < -0.3 is 15.1 Å². The molecule has 150 valence electrons. The van der Waals surface area contributed by atoms with E-state index in [-0.39, 0.29) is 24.3 Å². The second kappa shape index (κ2) is 6.72. The van der Waals surface area contributed by atoms with E-state index in [2.05, 4.69) is 0 Å². The summed E-state index contributed by atoms with van der Waals surface area (Å²) in [4.78, 5) is 18.2. The van der Waals surface area contributed by atoms with E-state index in [1.807, 2.05) is 4.90 Å². The zero-order valence-electron chi connectivity index (χ0n) is 15.3. The lowest BCUT2D eigenvalue weighted by molar-refractivity contribution is -0.141. The number of aryl methyl sites for hydroxylation is 1. The third kappa shape index (κ3) is 2.86. The number of fused-ring (bicyclic) bond motifs is 5. The van der Waals surface area contributed by atoms with Crippen molar-refractivity contribution in [3.8, 4) is 0 Å². The maximum absolute atomic E-state index is 13.7. The smallest absolute Gasteiger partial charge is 0.304 e. The Morgan fingerprint density at radius 3 is 2.79 bits per heavy atom. The molecule has 8 heteroatoms. The van der Waals surface area contributed by atoms with Crippen molar-refractivity contribution >= 4 is 34.5 Å². The first kappa shape index (κ1) is 18.9. The molecular weight excluding hydrogens is 415 g/mol. The fraction of sp³-hybridized carbons (Fsp3) is 0.333. The van der Waals surface area contributed by atoms with Gasteiger partial charge in [-0.15, -0.1) is 0 Å². The van der Waals surface area contributed by atoms with Crippen LogP contribution >= 0.6 is 23.4 Å². The van der Waals surface area contributed by atoms with Gasteiger partial charge in [0, 0.05) is 10.6 Å². The first-order chi connectivity index (χ1) is 13.9. The molecule has 3 aliphatic rings. The minimum Gasteiger partial charge on any atom is -0.481 e. The average Bonchev–Trinajstić information content (AvgIpc) is 3.17. The number of hydrogen-bond acceptors (Lipinski definition) is 5. The molecule has 29 heavy (non-hydrogen) atoms. The molecule has 2 unspecified atom stereocenters. The zero-order valence-corrected chi connectivity index (χ0v) is 16.8. The highest BCUT2D eigenvalue weighted by atomic mass is 35.5. The fourth-order valence-corrected chi connectivity index (χ4v) is 6.29. The number of aliphatic carboxylic acids is 1. The molecule has 0 amide bonds. The van der Waals surface area contributed by atoms with Crippen molar-refractivity contribution in [2.45, 2.75) is 42.3 Å². The molecule has 1 saturated heterocycles. The molecule has 2 aliphatic heterocycles. The van der Waals surface area contributed by atoms with Crippen LogP contribution in [0.1, 0.15) is 35.6 Å². The SMILES string of the molecule is O=C(O)CC1SC2=N[C@H]3c4ccc(F)cc4CC[C@@H]3N2C1(O)c1ccc(Cl)cc1. The summed E-state index contributed by atoms with van der Waals surface area (Å²) in [5.41, 5.74) is 0.998. The predicted octanol–water partition coefficient (Wildman–Crippen LogP) is 3.94. The number of carbonyl (C=O) groups is 1. The van der Waals surface area contributed by atoms with Crippen molar-refractivity contribution in [3.63, 3.8) is 0 Å². The van der Waals surface area contributed by atoms with Gasteiger partial charge in [0.1, 0.15) is 5.82 Å². The number of aliphatic hydroxyl groups is 1. The van der Waals surface area contributed by atoms with Crippen molar-refractivity contribution < 1.29 is 19.4 Å². The van der Waals surface area contributed by atoms with Crippen LogP contribution in [-0.2, 0) is 16.9 Å². The predicted molar refractivity (Wildman–Crippen MR) is 110 cm³/mol.